The van der Waals surface area contributed by atoms with E-state index >= 15 is 0 Å². The number of benzene rings is 2. The molecule has 0 unspecified atom stereocenters. The van der Waals surface area contributed by atoms with Crippen LogP contribution < -0.4 is 10.1 Å². The lowest BCUT2D eigenvalue weighted by Gasteiger charge is -2.08. The van der Waals surface area contributed by atoms with Crippen molar-refractivity contribution >= 4 is 40.4 Å². The number of nitro groups is 1. The van der Waals surface area contributed by atoms with Gasteiger partial charge in [-0.3, -0.25) is 14.9 Å². The van der Waals surface area contributed by atoms with Crippen LogP contribution in [0.4, 0.5) is 11.4 Å². The van der Waals surface area contributed by atoms with Crippen LogP contribution in [0.5, 0.6) is 5.75 Å². The van der Waals surface area contributed by atoms with Crippen LogP contribution in [0.2, 0.25) is 0 Å². The Morgan fingerprint density at radius 1 is 1.16 bits per heavy atom. The highest BCUT2D eigenvalue weighted by Crippen LogP contribution is 2.29. The van der Waals surface area contributed by atoms with Crippen LogP contribution in [0.15, 0.2) is 36.4 Å². The molecule has 0 atom stereocenters. The number of aromatic nitrogens is 2. The fourth-order valence-electron chi connectivity index (χ4n) is 2.27. The molecule has 0 radical (unpaired) electrons. The minimum Gasteiger partial charge on any atom is -0.494 e. The summed E-state index contributed by atoms with van der Waals surface area (Å²) in [4.78, 5) is 21.1. The van der Waals surface area contributed by atoms with Crippen LogP contribution in [0.25, 0.3) is 11.0 Å². The number of carbonyl (C=O) groups excluding carboxylic acids is 1. The van der Waals surface area contributed by atoms with Crippen molar-refractivity contribution in [3.63, 3.8) is 0 Å². The summed E-state index contributed by atoms with van der Waals surface area (Å²) in [5, 5.41) is 14.2. The van der Waals surface area contributed by atoms with Crippen molar-refractivity contribution < 1.29 is 14.5 Å². The molecule has 128 valence electrons. The van der Waals surface area contributed by atoms with Crippen LogP contribution in [-0.4, -0.2) is 33.1 Å². The van der Waals surface area contributed by atoms with Gasteiger partial charge >= 0.3 is 0 Å². The third-order valence-electron chi connectivity index (χ3n) is 3.51. The lowest BCUT2D eigenvalue weighted by Crippen LogP contribution is -2.07. The van der Waals surface area contributed by atoms with Crippen molar-refractivity contribution in [2.75, 3.05) is 18.5 Å². The van der Waals surface area contributed by atoms with Gasteiger partial charge < -0.3 is 10.1 Å². The summed E-state index contributed by atoms with van der Waals surface area (Å²) < 4.78 is 13.7. The first-order valence-corrected chi connectivity index (χ1v) is 8.23. The molecule has 0 saturated carbocycles. The van der Waals surface area contributed by atoms with E-state index in [1.807, 2.05) is 0 Å². The molecule has 3 aromatic rings. The Labute approximate surface area is 146 Å². The second-order valence-electron chi connectivity index (χ2n) is 5.17. The number of fused-ring (bicyclic) bond motifs is 1. The molecule has 8 nitrogen and oxygen atoms in total. The second-order valence-corrected chi connectivity index (χ2v) is 5.69. The molecular weight excluding hydrogens is 344 g/mol. The van der Waals surface area contributed by atoms with Crippen LogP contribution in [-0.2, 0) is 0 Å². The molecule has 1 aromatic heterocycles. The van der Waals surface area contributed by atoms with Crippen molar-refractivity contribution in [1.29, 1.82) is 0 Å². The summed E-state index contributed by atoms with van der Waals surface area (Å²) in [6.07, 6.45) is 1.51. The SMILES string of the molecule is O=Cc1ccc(OCCCNc2ccc([N+](=O)[O-])c3nsnc23)cc1. The average Bonchev–Trinajstić information content (AvgIpc) is 3.11. The van der Waals surface area contributed by atoms with Crippen LogP contribution in [0, 0.1) is 10.1 Å². The van der Waals surface area contributed by atoms with E-state index in [0.717, 1.165) is 24.4 Å². The molecule has 0 fully saturated rings. The fourth-order valence-corrected chi connectivity index (χ4v) is 2.84. The molecule has 9 heteroatoms. The fraction of sp³-hybridized carbons (Fsp3) is 0.188. The Bertz CT molecular complexity index is 895. The monoisotopic (exact) mass is 358 g/mol. The van der Waals surface area contributed by atoms with E-state index in [2.05, 4.69) is 14.1 Å². The minimum atomic E-state index is -0.461. The maximum atomic E-state index is 11.0. The van der Waals surface area contributed by atoms with E-state index in [0.29, 0.717) is 41.2 Å². The van der Waals surface area contributed by atoms with Crippen molar-refractivity contribution in [1.82, 2.24) is 8.75 Å². The van der Waals surface area contributed by atoms with Gasteiger partial charge in [-0.25, -0.2) is 0 Å². The quantitative estimate of drug-likeness (QED) is 0.285. The summed E-state index contributed by atoms with van der Waals surface area (Å²) in [6, 6.07) is 9.96. The lowest BCUT2D eigenvalue weighted by atomic mass is 10.2. The van der Waals surface area contributed by atoms with Crippen LogP contribution in [0.1, 0.15) is 16.8 Å². The summed E-state index contributed by atoms with van der Waals surface area (Å²) in [7, 11) is 0. The summed E-state index contributed by atoms with van der Waals surface area (Å²) >= 11 is 0.949. The van der Waals surface area contributed by atoms with Gasteiger partial charge in [-0.1, -0.05) is 0 Å². The normalized spacial score (nSPS) is 10.6. The minimum absolute atomic E-state index is 0.0450. The highest BCUT2D eigenvalue weighted by molar-refractivity contribution is 7.00. The Hall–Kier alpha value is -3.07. The number of hydrogen-bond acceptors (Lipinski definition) is 8. The first kappa shape index (κ1) is 16.8. The Morgan fingerprint density at radius 3 is 2.64 bits per heavy atom. The van der Waals surface area contributed by atoms with Gasteiger partial charge in [-0.05, 0) is 36.8 Å². The molecule has 0 aliphatic heterocycles. The maximum absolute atomic E-state index is 11.0. The molecule has 1 heterocycles. The first-order chi connectivity index (χ1) is 12.2. The Balaban J connectivity index is 1.53. The third-order valence-corrected chi connectivity index (χ3v) is 4.04. The zero-order valence-corrected chi connectivity index (χ0v) is 13.9. The number of ether oxygens (including phenoxy) is 1. The zero-order chi connectivity index (χ0) is 17.6. The molecule has 3 rings (SSSR count). The third kappa shape index (κ3) is 3.89. The van der Waals surface area contributed by atoms with Gasteiger partial charge in [0, 0.05) is 18.2 Å². The number of non-ortho nitro benzene ring substituents is 1. The van der Waals surface area contributed by atoms with E-state index < -0.39 is 4.92 Å². The average molecular weight is 358 g/mol. The molecule has 2 aromatic carbocycles. The van der Waals surface area contributed by atoms with Gasteiger partial charge in [-0.2, -0.15) is 8.75 Å². The molecule has 0 bridgehead atoms. The van der Waals surface area contributed by atoms with Crippen molar-refractivity contribution in [3.8, 4) is 5.75 Å². The smallest absolute Gasteiger partial charge is 0.298 e. The van der Waals surface area contributed by atoms with Crippen LogP contribution >= 0.6 is 11.7 Å². The standard InChI is InChI=1S/C16H14N4O4S/c21-10-11-2-4-12(5-3-11)24-9-1-8-17-13-6-7-14(20(22)23)16-15(13)18-25-19-16/h2-7,10,17H,1,8-9H2. The topological polar surface area (TPSA) is 107 Å². The van der Waals surface area contributed by atoms with Crippen molar-refractivity contribution in [2.24, 2.45) is 0 Å². The molecule has 25 heavy (non-hydrogen) atoms. The Morgan fingerprint density at radius 2 is 1.92 bits per heavy atom. The highest BCUT2D eigenvalue weighted by Gasteiger charge is 2.17. The highest BCUT2D eigenvalue weighted by atomic mass is 32.1. The molecule has 0 aliphatic carbocycles. The molecule has 0 amide bonds. The largest absolute Gasteiger partial charge is 0.494 e. The van der Waals surface area contributed by atoms with Crippen LogP contribution in [0.3, 0.4) is 0 Å². The number of carbonyl (C=O) groups is 1. The Kier molecular flexibility index (Phi) is 5.14. The van der Waals surface area contributed by atoms with Gasteiger partial charge in [0.2, 0.25) is 0 Å². The molecule has 0 saturated heterocycles. The predicted molar refractivity (Wildman–Crippen MR) is 94.5 cm³/mol. The molecule has 0 aliphatic rings. The van der Waals surface area contributed by atoms with Gasteiger partial charge in [0.25, 0.3) is 5.69 Å². The zero-order valence-electron chi connectivity index (χ0n) is 13.0. The number of aldehydes is 1. The van der Waals surface area contributed by atoms with Gasteiger partial charge in [0.05, 0.1) is 28.9 Å². The molecular formula is C16H14N4O4S. The number of nitrogens with zero attached hydrogens (tertiary/aromatic N) is 3. The van der Waals surface area contributed by atoms with Crippen molar-refractivity contribution in [2.45, 2.75) is 6.42 Å². The van der Waals surface area contributed by atoms with E-state index in [1.54, 1.807) is 30.3 Å². The number of hydrogen-bond donors (Lipinski definition) is 1. The molecule has 0 spiro atoms. The first-order valence-electron chi connectivity index (χ1n) is 7.50. The number of nitrogens with one attached hydrogen (secondary N) is 1. The van der Waals surface area contributed by atoms with Gasteiger partial charge in [0.15, 0.2) is 5.52 Å². The van der Waals surface area contributed by atoms with E-state index in [9.17, 15) is 14.9 Å². The second kappa shape index (κ2) is 7.67. The predicted octanol–water partition coefficient (Wildman–Crippen LogP) is 3.29. The van der Waals surface area contributed by atoms with E-state index in [-0.39, 0.29) is 5.69 Å². The maximum Gasteiger partial charge on any atom is 0.298 e. The summed E-state index contributed by atoms with van der Waals surface area (Å²) in [5.74, 6) is 0.701. The van der Waals surface area contributed by atoms with Gasteiger partial charge in [0.1, 0.15) is 17.6 Å². The van der Waals surface area contributed by atoms with Gasteiger partial charge in [-0.15, -0.1) is 0 Å². The van der Waals surface area contributed by atoms with Crippen molar-refractivity contribution in [3.05, 3.63) is 52.1 Å². The molecule has 1 N–H and O–H groups in total. The summed E-state index contributed by atoms with van der Waals surface area (Å²) in [6.45, 7) is 1.12. The van der Waals surface area contributed by atoms with E-state index in [4.69, 9.17) is 4.74 Å². The number of anilines is 1. The number of rotatable bonds is 8. The van der Waals surface area contributed by atoms with E-state index in [1.165, 1.54) is 6.07 Å². The summed E-state index contributed by atoms with van der Waals surface area (Å²) in [5.41, 5.74) is 2.07. The lowest BCUT2D eigenvalue weighted by molar-refractivity contribution is -0.383. The number of nitro benzene ring substituents is 1.